The summed E-state index contributed by atoms with van der Waals surface area (Å²) in [4.78, 5) is 36.2. The van der Waals surface area contributed by atoms with Crippen molar-refractivity contribution in [3.05, 3.63) is 29.8 Å². The maximum atomic E-state index is 12.2. The Morgan fingerprint density at radius 2 is 2.13 bits per heavy atom. The minimum absolute atomic E-state index is 0.430. The Labute approximate surface area is 135 Å². The third kappa shape index (κ3) is 3.44. The lowest BCUT2D eigenvalue weighted by Gasteiger charge is -2.21. The summed E-state index contributed by atoms with van der Waals surface area (Å²) >= 11 is 0. The van der Waals surface area contributed by atoms with Gasteiger partial charge in [0.25, 0.3) is 11.8 Å². The molecular formula is C16H21N3O4. The van der Waals surface area contributed by atoms with Crippen molar-refractivity contribution in [2.45, 2.75) is 45.8 Å². The van der Waals surface area contributed by atoms with Crippen LogP contribution in [0.25, 0.3) is 0 Å². The quantitative estimate of drug-likeness (QED) is 0.805. The van der Waals surface area contributed by atoms with E-state index in [1.165, 1.54) is 0 Å². The summed E-state index contributed by atoms with van der Waals surface area (Å²) < 4.78 is 5.53. The Balaban J connectivity index is 2.01. The van der Waals surface area contributed by atoms with Crippen molar-refractivity contribution in [2.75, 3.05) is 0 Å². The first kappa shape index (κ1) is 16.8. The van der Waals surface area contributed by atoms with Crippen LogP contribution in [0, 0.1) is 6.92 Å². The van der Waals surface area contributed by atoms with Crippen LogP contribution in [0.5, 0.6) is 5.75 Å². The number of carbonyl (C=O) groups is 3. The van der Waals surface area contributed by atoms with E-state index < -0.39 is 29.5 Å². The fraction of sp³-hybridized carbons (Fsp3) is 0.438. The third-order valence-electron chi connectivity index (χ3n) is 3.86. The lowest BCUT2D eigenvalue weighted by atomic mass is 10.00. The number of hydrazine groups is 1. The molecule has 0 aromatic heterocycles. The van der Waals surface area contributed by atoms with E-state index in [0.717, 1.165) is 5.56 Å². The maximum absolute atomic E-state index is 12.2. The number of amides is 4. The minimum Gasteiger partial charge on any atom is -0.481 e. The highest BCUT2D eigenvalue weighted by molar-refractivity contribution is 6.07. The second-order valence-corrected chi connectivity index (χ2v) is 5.81. The molecular weight excluding hydrogens is 298 g/mol. The Morgan fingerprint density at radius 1 is 1.43 bits per heavy atom. The summed E-state index contributed by atoms with van der Waals surface area (Å²) in [7, 11) is 0. The number of nitrogens with one attached hydrogen (secondary N) is 2. The van der Waals surface area contributed by atoms with Crippen molar-refractivity contribution < 1.29 is 19.1 Å². The molecule has 2 rings (SSSR count). The monoisotopic (exact) mass is 319 g/mol. The predicted molar refractivity (Wildman–Crippen MR) is 83.5 cm³/mol. The first-order valence-corrected chi connectivity index (χ1v) is 7.47. The molecule has 2 atom stereocenters. The van der Waals surface area contributed by atoms with Crippen LogP contribution in [0.2, 0.25) is 0 Å². The second kappa shape index (κ2) is 6.28. The zero-order valence-corrected chi connectivity index (χ0v) is 13.7. The van der Waals surface area contributed by atoms with Gasteiger partial charge in [0.1, 0.15) is 11.3 Å². The largest absolute Gasteiger partial charge is 0.481 e. The van der Waals surface area contributed by atoms with Crippen molar-refractivity contribution in [1.82, 2.24) is 15.8 Å². The Hall–Kier alpha value is -2.57. The van der Waals surface area contributed by atoms with Crippen LogP contribution in [0.3, 0.4) is 0 Å². The van der Waals surface area contributed by atoms with Gasteiger partial charge in [-0.25, -0.2) is 4.79 Å². The Kier molecular flexibility index (Phi) is 4.58. The van der Waals surface area contributed by atoms with Crippen molar-refractivity contribution in [1.29, 1.82) is 0 Å². The molecule has 1 heterocycles. The number of urea groups is 1. The van der Waals surface area contributed by atoms with E-state index in [2.05, 4.69) is 10.7 Å². The number of benzene rings is 1. The molecule has 0 bridgehead atoms. The highest BCUT2D eigenvalue weighted by Gasteiger charge is 2.47. The molecule has 0 aliphatic carbocycles. The van der Waals surface area contributed by atoms with E-state index in [9.17, 15) is 14.4 Å². The topological polar surface area (TPSA) is 87.7 Å². The molecule has 1 aromatic rings. The van der Waals surface area contributed by atoms with Crippen molar-refractivity contribution in [2.24, 2.45) is 0 Å². The van der Waals surface area contributed by atoms with E-state index >= 15 is 0 Å². The van der Waals surface area contributed by atoms with E-state index in [1.807, 2.05) is 19.1 Å². The number of imide groups is 1. The van der Waals surface area contributed by atoms with Crippen LogP contribution in [0.4, 0.5) is 4.79 Å². The number of nitrogens with zero attached hydrogens (tertiary/aromatic N) is 1. The summed E-state index contributed by atoms with van der Waals surface area (Å²) in [6, 6.07) is 6.62. The molecule has 124 valence electrons. The van der Waals surface area contributed by atoms with Gasteiger partial charge in [-0.2, -0.15) is 5.01 Å². The van der Waals surface area contributed by atoms with E-state index in [-0.39, 0.29) is 0 Å². The van der Waals surface area contributed by atoms with Crippen LogP contribution in [0.1, 0.15) is 32.8 Å². The first-order valence-electron chi connectivity index (χ1n) is 7.47. The number of carbonyl (C=O) groups excluding carboxylic acids is 3. The lowest BCUT2D eigenvalue weighted by Crippen LogP contribution is -2.51. The summed E-state index contributed by atoms with van der Waals surface area (Å²) in [5.41, 5.74) is 2.32. The fourth-order valence-corrected chi connectivity index (χ4v) is 2.17. The van der Waals surface area contributed by atoms with Crippen LogP contribution < -0.4 is 15.5 Å². The summed E-state index contributed by atoms with van der Waals surface area (Å²) in [6.45, 7) is 6.87. The standard InChI is InChI=1S/C16H21N3O4/c1-5-16(4)14(21)19(15(22)17-16)18-13(20)11(3)23-12-8-6-7-10(2)9-12/h6-9,11H,5H2,1-4H3,(H,17,22)(H,18,20). The average Bonchev–Trinajstić information content (AvgIpc) is 2.71. The molecule has 0 saturated carbocycles. The van der Waals surface area contributed by atoms with E-state index in [1.54, 1.807) is 32.9 Å². The molecule has 1 aliphatic rings. The van der Waals surface area contributed by atoms with Gasteiger partial charge in [0.2, 0.25) is 0 Å². The molecule has 2 N–H and O–H groups in total. The normalized spacial score (nSPS) is 21.8. The lowest BCUT2D eigenvalue weighted by molar-refractivity contribution is -0.141. The van der Waals surface area contributed by atoms with Gasteiger partial charge < -0.3 is 10.1 Å². The highest BCUT2D eigenvalue weighted by Crippen LogP contribution is 2.19. The van der Waals surface area contributed by atoms with Gasteiger partial charge >= 0.3 is 6.03 Å². The summed E-state index contributed by atoms with van der Waals surface area (Å²) in [5.74, 6) is -0.514. The summed E-state index contributed by atoms with van der Waals surface area (Å²) in [6.07, 6.45) is -0.426. The van der Waals surface area contributed by atoms with E-state index in [0.29, 0.717) is 17.2 Å². The van der Waals surface area contributed by atoms with Crippen LogP contribution in [0.15, 0.2) is 24.3 Å². The molecule has 7 nitrogen and oxygen atoms in total. The van der Waals surface area contributed by atoms with Crippen molar-refractivity contribution in [3.63, 3.8) is 0 Å². The Bertz CT molecular complexity index is 646. The van der Waals surface area contributed by atoms with Crippen LogP contribution in [-0.2, 0) is 9.59 Å². The molecule has 1 saturated heterocycles. The van der Waals surface area contributed by atoms with Gasteiger partial charge in [0.15, 0.2) is 6.10 Å². The fourth-order valence-electron chi connectivity index (χ4n) is 2.17. The third-order valence-corrected chi connectivity index (χ3v) is 3.86. The molecule has 1 aromatic carbocycles. The SMILES string of the molecule is CCC1(C)NC(=O)N(NC(=O)C(C)Oc2cccc(C)c2)C1=O. The molecule has 1 fully saturated rings. The number of aryl methyl sites for hydroxylation is 1. The van der Waals surface area contributed by atoms with Gasteiger partial charge in [0, 0.05) is 0 Å². The minimum atomic E-state index is -0.995. The summed E-state index contributed by atoms with van der Waals surface area (Å²) in [5, 5.41) is 3.27. The molecule has 2 unspecified atom stereocenters. The van der Waals surface area contributed by atoms with Gasteiger partial charge in [-0.3, -0.25) is 15.0 Å². The van der Waals surface area contributed by atoms with Gasteiger partial charge in [-0.1, -0.05) is 19.1 Å². The van der Waals surface area contributed by atoms with Crippen molar-refractivity contribution >= 4 is 17.8 Å². The highest BCUT2D eigenvalue weighted by atomic mass is 16.5. The van der Waals surface area contributed by atoms with Gasteiger partial charge in [0.05, 0.1) is 0 Å². The molecule has 0 spiro atoms. The zero-order valence-electron chi connectivity index (χ0n) is 13.7. The predicted octanol–water partition coefficient (Wildman–Crippen LogP) is 1.51. The second-order valence-electron chi connectivity index (χ2n) is 5.81. The Morgan fingerprint density at radius 3 is 2.70 bits per heavy atom. The molecule has 4 amide bonds. The van der Waals surface area contributed by atoms with Gasteiger partial charge in [-0.15, -0.1) is 0 Å². The smallest absolute Gasteiger partial charge is 0.344 e. The zero-order chi connectivity index (χ0) is 17.2. The number of hydrogen-bond donors (Lipinski definition) is 2. The maximum Gasteiger partial charge on any atom is 0.344 e. The number of hydrogen-bond acceptors (Lipinski definition) is 4. The van der Waals surface area contributed by atoms with Crippen LogP contribution >= 0.6 is 0 Å². The molecule has 0 radical (unpaired) electrons. The number of ether oxygens (including phenoxy) is 1. The first-order chi connectivity index (χ1) is 10.8. The van der Waals surface area contributed by atoms with Crippen LogP contribution in [-0.4, -0.2) is 34.5 Å². The molecule has 7 heteroatoms. The average molecular weight is 319 g/mol. The number of rotatable bonds is 5. The van der Waals surface area contributed by atoms with Gasteiger partial charge in [-0.05, 0) is 44.9 Å². The molecule has 1 aliphatic heterocycles. The van der Waals surface area contributed by atoms with E-state index in [4.69, 9.17) is 4.74 Å². The van der Waals surface area contributed by atoms with Crippen molar-refractivity contribution in [3.8, 4) is 5.75 Å². The molecule has 23 heavy (non-hydrogen) atoms.